The van der Waals surface area contributed by atoms with Gasteiger partial charge in [0.1, 0.15) is 6.33 Å². The molecule has 0 spiro atoms. The minimum absolute atomic E-state index is 0.369. The molecule has 1 atom stereocenters. The van der Waals surface area contributed by atoms with E-state index in [1.807, 2.05) is 12.1 Å². The van der Waals surface area contributed by atoms with Gasteiger partial charge >= 0.3 is 6.03 Å². The van der Waals surface area contributed by atoms with Gasteiger partial charge in [0.05, 0.1) is 11.7 Å². The first-order valence-corrected chi connectivity index (χ1v) is 9.13. The molecule has 0 saturated carbocycles. The maximum Gasteiger partial charge on any atom is 0.319 e. The van der Waals surface area contributed by atoms with Crippen LogP contribution < -0.4 is 15.4 Å². The summed E-state index contributed by atoms with van der Waals surface area (Å²) in [6, 6.07) is 13.3. The first-order valence-electron chi connectivity index (χ1n) is 9.13. The predicted octanol–water partition coefficient (Wildman–Crippen LogP) is 3.13. The number of nitrogens with zero attached hydrogens (tertiary/aromatic N) is 6. The van der Waals surface area contributed by atoms with Crippen LogP contribution in [0.4, 0.5) is 10.5 Å². The second-order valence-corrected chi connectivity index (χ2v) is 6.17. The van der Waals surface area contributed by atoms with Gasteiger partial charge in [0, 0.05) is 24.7 Å². The third-order valence-corrected chi connectivity index (χ3v) is 4.04. The number of hydrogen-bond donors (Lipinski definition) is 2. The van der Waals surface area contributed by atoms with Crippen molar-refractivity contribution in [3.63, 3.8) is 0 Å². The highest BCUT2D eigenvalue weighted by atomic mass is 16.5. The average molecular weight is 402 g/mol. The summed E-state index contributed by atoms with van der Waals surface area (Å²) in [6.07, 6.45) is 6.23. The Morgan fingerprint density at radius 1 is 0.967 bits per heavy atom. The number of aromatic nitrogens is 6. The SMILES string of the molecule is C[C@H](NC(=O)Nc1ccccc1Oc1ccccn1)c1ncnn1-c1ncccn1. The van der Waals surface area contributed by atoms with Crippen LogP contribution in [-0.4, -0.2) is 35.7 Å². The molecule has 10 nitrogen and oxygen atoms in total. The molecule has 0 saturated heterocycles. The molecule has 1 aromatic carbocycles. The zero-order chi connectivity index (χ0) is 20.8. The van der Waals surface area contributed by atoms with Gasteiger partial charge in [-0.05, 0) is 31.2 Å². The Morgan fingerprint density at radius 2 is 1.73 bits per heavy atom. The fourth-order valence-corrected chi connectivity index (χ4v) is 2.70. The van der Waals surface area contributed by atoms with Gasteiger partial charge < -0.3 is 15.4 Å². The topological polar surface area (TPSA) is 120 Å². The number of carbonyl (C=O) groups is 1. The Kier molecular flexibility index (Phi) is 5.56. The molecule has 0 unspecified atom stereocenters. The van der Waals surface area contributed by atoms with Gasteiger partial charge in [-0.25, -0.2) is 24.7 Å². The van der Waals surface area contributed by atoms with Crippen molar-refractivity contribution in [2.45, 2.75) is 13.0 Å². The van der Waals surface area contributed by atoms with Gasteiger partial charge in [0.15, 0.2) is 11.6 Å². The Bertz CT molecular complexity index is 1120. The third kappa shape index (κ3) is 4.38. The van der Waals surface area contributed by atoms with Gasteiger partial charge in [0.2, 0.25) is 5.88 Å². The quantitative estimate of drug-likeness (QED) is 0.508. The fraction of sp³-hybridized carbons (Fsp3) is 0.100. The van der Waals surface area contributed by atoms with Crippen LogP contribution in [0.1, 0.15) is 18.8 Å². The molecule has 2 N–H and O–H groups in total. The highest BCUT2D eigenvalue weighted by Gasteiger charge is 2.18. The number of nitrogens with one attached hydrogen (secondary N) is 2. The largest absolute Gasteiger partial charge is 0.437 e. The van der Waals surface area contributed by atoms with Crippen molar-refractivity contribution in [2.24, 2.45) is 0 Å². The van der Waals surface area contributed by atoms with E-state index >= 15 is 0 Å². The second-order valence-electron chi connectivity index (χ2n) is 6.17. The van der Waals surface area contributed by atoms with Gasteiger partial charge in [0.25, 0.3) is 5.95 Å². The summed E-state index contributed by atoms with van der Waals surface area (Å²) >= 11 is 0. The molecular formula is C20H18N8O2. The summed E-state index contributed by atoms with van der Waals surface area (Å²) in [5.41, 5.74) is 0.501. The zero-order valence-corrected chi connectivity index (χ0v) is 16.0. The summed E-state index contributed by atoms with van der Waals surface area (Å²) < 4.78 is 7.24. The van der Waals surface area contributed by atoms with E-state index in [0.29, 0.717) is 29.1 Å². The lowest BCUT2D eigenvalue weighted by molar-refractivity contribution is 0.248. The smallest absolute Gasteiger partial charge is 0.319 e. The highest BCUT2D eigenvalue weighted by molar-refractivity contribution is 5.91. The molecule has 0 radical (unpaired) electrons. The Hall–Kier alpha value is -4.34. The molecule has 0 aliphatic carbocycles. The molecule has 2 amide bonds. The maximum absolute atomic E-state index is 12.6. The lowest BCUT2D eigenvalue weighted by Gasteiger charge is -2.16. The molecule has 0 aliphatic heterocycles. The van der Waals surface area contributed by atoms with Crippen molar-refractivity contribution < 1.29 is 9.53 Å². The number of ether oxygens (including phenoxy) is 1. The van der Waals surface area contributed by atoms with E-state index < -0.39 is 12.1 Å². The minimum atomic E-state index is -0.458. The standard InChI is InChI=1S/C20H18N8O2/c1-14(18-24-13-25-28(18)19-22-11-6-12-23-19)26-20(29)27-15-7-2-3-8-16(15)30-17-9-4-5-10-21-17/h2-14H,1H3,(H2,26,27,29)/t14-/m0/s1. The lowest BCUT2D eigenvalue weighted by atomic mass is 10.3. The van der Waals surface area contributed by atoms with Crippen molar-refractivity contribution in [2.75, 3.05) is 5.32 Å². The third-order valence-electron chi connectivity index (χ3n) is 4.04. The van der Waals surface area contributed by atoms with Crippen LogP contribution in [0.15, 0.2) is 73.4 Å². The van der Waals surface area contributed by atoms with Crippen LogP contribution in [-0.2, 0) is 0 Å². The van der Waals surface area contributed by atoms with Gasteiger partial charge in [-0.1, -0.05) is 18.2 Å². The van der Waals surface area contributed by atoms with E-state index in [9.17, 15) is 4.79 Å². The number of urea groups is 1. The average Bonchev–Trinajstić information content (AvgIpc) is 3.27. The van der Waals surface area contributed by atoms with Crippen molar-refractivity contribution in [3.05, 3.63) is 79.3 Å². The number of benzene rings is 1. The Morgan fingerprint density at radius 3 is 2.53 bits per heavy atom. The van der Waals surface area contributed by atoms with Crippen LogP contribution >= 0.6 is 0 Å². The summed E-state index contributed by atoms with van der Waals surface area (Å²) in [5, 5.41) is 9.76. The van der Waals surface area contributed by atoms with Gasteiger partial charge in [-0.3, -0.25) is 0 Å². The first kappa shape index (κ1) is 19.0. The van der Waals surface area contributed by atoms with Crippen LogP contribution in [0, 0.1) is 0 Å². The molecule has 0 bridgehead atoms. The number of pyridine rings is 1. The molecule has 3 heterocycles. The van der Waals surface area contributed by atoms with Crippen molar-refractivity contribution in [1.29, 1.82) is 0 Å². The van der Waals surface area contributed by atoms with E-state index in [1.165, 1.54) is 11.0 Å². The van der Waals surface area contributed by atoms with Gasteiger partial charge in [-0.15, -0.1) is 0 Å². The monoisotopic (exact) mass is 402 g/mol. The fourth-order valence-electron chi connectivity index (χ4n) is 2.70. The van der Waals surface area contributed by atoms with Crippen molar-refractivity contribution in [1.82, 2.24) is 35.0 Å². The zero-order valence-electron chi connectivity index (χ0n) is 16.0. The van der Waals surface area contributed by atoms with Crippen LogP contribution in [0.3, 0.4) is 0 Å². The predicted molar refractivity (Wildman–Crippen MR) is 108 cm³/mol. The number of anilines is 1. The summed E-state index contributed by atoms with van der Waals surface area (Å²) in [5.74, 6) is 1.76. The van der Waals surface area contributed by atoms with E-state index in [0.717, 1.165) is 0 Å². The Balaban J connectivity index is 1.46. The number of hydrogen-bond acceptors (Lipinski definition) is 7. The highest BCUT2D eigenvalue weighted by Crippen LogP contribution is 2.28. The van der Waals surface area contributed by atoms with E-state index in [2.05, 4.69) is 35.7 Å². The maximum atomic E-state index is 12.6. The second kappa shape index (κ2) is 8.78. The van der Waals surface area contributed by atoms with E-state index in [4.69, 9.17) is 4.74 Å². The number of rotatable bonds is 6. The number of para-hydroxylation sites is 2. The van der Waals surface area contributed by atoms with Crippen molar-refractivity contribution in [3.8, 4) is 17.6 Å². The summed E-state index contributed by atoms with van der Waals surface area (Å²) in [6.45, 7) is 1.79. The summed E-state index contributed by atoms with van der Waals surface area (Å²) in [4.78, 5) is 29.3. The first-order chi connectivity index (χ1) is 14.7. The molecule has 4 aromatic rings. The number of amides is 2. The van der Waals surface area contributed by atoms with Gasteiger partial charge in [-0.2, -0.15) is 9.78 Å². The molecule has 150 valence electrons. The molecule has 0 aliphatic rings. The normalized spacial score (nSPS) is 11.5. The van der Waals surface area contributed by atoms with Crippen LogP contribution in [0.25, 0.3) is 5.95 Å². The van der Waals surface area contributed by atoms with Crippen LogP contribution in [0.5, 0.6) is 11.6 Å². The number of carbonyl (C=O) groups excluding carboxylic acids is 1. The molecule has 3 aromatic heterocycles. The summed E-state index contributed by atoms with van der Waals surface area (Å²) in [7, 11) is 0. The lowest BCUT2D eigenvalue weighted by Crippen LogP contribution is -2.32. The van der Waals surface area contributed by atoms with E-state index in [-0.39, 0.29) is 0 Å². The molecule has 10 heteroatoms. The van der Waals surface area contributed by atoms with Crippen LogP contribution in [0.2, 0.25) is 0 Å². The van der Waals surface area contributed by atoms with Crippen molar-refractivity contribution >= 4 is 11.7 Å². The Labute approximate surface area is 172 Å². The molecule has 30 heavy (non-hydrogen) atoms. The molecule has 0 fully saturated rings. The minimum Gasteiger partial charge on any atom is -0.437 e. The molecular weight excluding hydrogens is 384 g/mol. The van der Waals surface area contributed by atoms with E-state index in [1.54, 1.807) is 61.9 Å². The molecule has 4 rings (SSSR count).